The SMILES string of the molecule is CN1CC(N)C(=O)c2ccc(Cl)cc21. The molecule has 0 aliphatic carbocycles. The highest BCUT2D eigenvalue weighted by Gasteiger charge is 2.27. The highest BCUT2D eigenvalue weighted by atomic mass is 35.5. The largest absolute Gasteiger partial charge is 0.372 e. The van der Waals surface area contributed by atoms with Crippen LogP contribution in [0.15, 0.2) is 18.2 Å². The van der Waals surface area contributed by atoms with Gasteiger partial charge in [0.15, 0.2) is 5.78 Å². The maximum Gasteiger partial charge on any atom is 0.183 e. The average molecular weight is 211 g/mol. The lowest BCUT2D eigenvalue weighted by atomic mass is 9.97. The summed E-state index contributed by atoms with van der Waals surface area (Å²) in [6.45, 7) is 0.548. The van der Waals surface area contributed by atoms with Gasteiger partial charge in [-0.25, -0.2) is 0 Å². The standard InChI is InChI=1S/C10H11ClN2O/c1-13-5-8(12)10(14)7-3-2-6(11)4-9(7)13/h2-4,8H,5,12H2,1H3. The quantitative estimate of drug-likeness (QED) is 0.702. The van der Waals surface area contributed by atoms with Crippen molar-refractivity contribution in [2.24, 2.45) is 5.73 Å². The van der Waals surface area contributed by atoms with Crippen LogP contribution in [0.5, 0.6) is 0 Å². The van der Waals surface area contributed by atoms with Crippen molar-refractivity contribution in [1.29, 1.82) is 0 Å². The topological polar surface area (TPSA) is 46.3 Å². The minimum atomic E-state index is -0.423. The van der Waals surface area contributed by atoms with Crippen LogP contribution in [0.25, 0.3) is 0 Å². The average Bonchev–Trinajstić information content (AvgIpc) is 2.14. The van der Waals surface area contributed by atoms with Crippen molar-refractivity contribution in [3.8, 4) is 0 Å². The molecule has 0 amide bonds. The molecule has 1 unspecified atom stereocenters. The Morgan fingerprint density at radius 2 is 2.29 bits per heavy atom. The second-order valence-corrected chi connectivity index (χ2v) is 3.95. The fourth-order valence-corrected chi connectivity index (χ4v) is 1.87. The minimum absolute atomic E-state index is 0.00485. The fraction of sp³-hybridized carbons (Fsp3) is 0.300. The minimum Gasteiger partial charge on any atom is -0.372 e. The van der Waals surface area contributed by atoms with Gasteiger partial charge in [-0.1, -0.05) is 11.6 Å². The van der Waals surface area contributed by atoms with E-state index in [1.165, 1.54) is 0 Å². The smallest absolute Gasteiger partial charge is 0.183 e. The monoisotopic (exact) mass is 210 g/mol. The second kappa shape index (κ2) is 3.26. The van der Waals surface area contributed by atoms with Crippen molar-refractivity contribution in [3.05, 3.63) is 28.8 Å². The lowest BCUT2D eigenvalue weighted by Gasteiger charge is -2.30. The predicted octanol–water partition coefficient (Wildman–Crippen LogP) is 1.30. The summed E-state index contributed by atoms with van der Waals surface area (Å²) in [6.07, 6.45) is 0. The first-order valence-corrected chi connectivity index (χ1v) is 4.78. The third kappa shape index (κ3) is 1.38. The first-order valence-electron chi connectivity index (χ1n) is 4.40. The summed E-state index contributed by atoms with van der Waals surface area (Å²) in [7, 11) is 1.90. The third-order valence-electron chi connectivity index (χ3n) is 2.44. The number of likely N-dealkylation sites (N-methyl/N-ethyl adjacent to an activating group) is 1. The van der Waals surface area contributed by atoms with Gasteiger partial charge < -0.3 is 10.6 Å². The summed E-state index contributed by atoms with van der Waals surface area (Å²) in [6, 6.07) is 4.81. The number of fused-ring (bicyclic) bond motifs is 1. The Kier molecular flexibility index (Phi) is 2.21. The van der Waals surface area contributed by atoms with Crippen molar-refractivity contribution in [3.63, 3.8) is 0 Å². The molecule has 0 spiro atoms. The first-order chi connectivity index (χ1) is 6.59. The Balaban J connectivity index is 2.56. The number of hydrogen-bond donors (Lipinski definition) is 1. The normalized spacial score (nSPS) is 20.9. The summed E-state index contributed by atoms with van der Waals surface area (Å²) in [5.74, 6) is -0.00485. The molecule has 1 aliphatic rings. The van der Waals surface area contributed by atoms with E-state index in [0.29, 0.717) is 17.1 Å². The molecule has 0 saturated heterocycles. The van der Waals surface area contributed by atoms with Crippen molar-refractivity contribution < 1.29 is 4.79 Å². The fourth-order valence-electron chi connectivity index (χ4n) is 1.71. The van der Waals surface area contributed by atoms with Gasteiger partial charge in [-0.15, -0.1) is 0 Å². The summed E-state index contributed by atoms with van der Waals surface area (Å²) in [5, 5.41) is 0.638. The zero-order valence-electron chi connectivity index (χ0n) is 7.83. The molecule has 1 aromatic carbocycles. The maximum atomic E-state index is 11.7. The van der Waals surface area contributed by atoms with E-state index in [1.54, 1.807) is 18.2 Å². The van der Waals surface area contributed by atoms with E-state index in [0.717, 1.165) is 5.69 Å². The van der Waals surface area contributed by atoms with Crippen LogP contribution >= 0.6 is 11.6 Å². The van der Waals surface area contributed by atoms with E-state index >= 15 is 0 Å². The Labute approximate surface area is 87.4 Å². The number of anilines is 1. The predicted molar refractivity (Wildman–Crippen MR) is 57.0 cm³/mol. The molecule has 1 heterocycles. The van der Waals surface area contributed by atoms with Crippen LogP contribution in [0.3, 0.4) is 0 Å². The molecule has 0 bridgehead atoms. The van der Waals surface area contributed by atoms with Crippen LogP contribution in [0.2, 0.25) is 5.02 Å². The Morgan fingerprint density at radius 3 is 3.00 bits per heavy atom. The number of rotatable bonds is 0. The first kappa shape index (κ1) is 9.49. The van der Waals surface area contributed by atoms with Crippen LogP contribution in [-0.2, 0) is 0 Å². The number of ketones is 1. The summed E-state index contributed by atoms with van der Waals surface area (Å²) < 4.78 is 0. The van der Waals surface area contributed by atoms with E-state index < -0.39 is 6.04 Å². The van der Waals surface area contributed by atoms with E-state index in [4.69, 9.17) is 17.3 Å². The van der Waals surface area contributed by atoms with Gasteiger partial charge in [0.1, 0.15) is 0 Å². The molecule has 1 atom stereocenters. The summed E-state index contributed by atoms with van der Waals surface area (Å²) in [4.78, 5) is 13.6. The van der Waals surface area contributed by atoms with Gasteiger partial charge in [0, 0.05) is 29.9 Å². The van der Waals surface area contributed by atoms with Crippen LogP contribution in [0, 0.1) is 0 Å². The number of benzene rings is 1. The van der Waals surface area contributed by atoms with Gasteiger partial charge in [-0.3, -0.25) is 4.79 Å². The van der Waals surface area contributed by atoms with E-state index in [2.05, 4.69) is 0 Å². The molecule has 0 aromatic heterocycles. The lowest BCUT2D eigenvalue weighted by molar-refractivity contribution is 0.0958. The summed E-state index contributed by atoms with van der Waals surface area (Å²) >= 11 is 5.86. The molecule has 0 radical (unpaired) electrons. The number of Topliss-reactive ketones (excluding diaryl/α,β-unsaturated/α-hetero) is 1. The Bertz CT molecular complexity index is 392. The number of halogens is 1. The van der Waals surface area contributed by atoms with E-state index in [-0.39, 0.29) is 5.78 Å². The second-order valence-electron chi connectivity index (χ2n) is 3.51. The van der Waals surface area contributed by atoms with Gasteiger partial charge in [0.2, 0.25) is 0 Å². The Hall–Kier alpha value is -1.06. The molecule has 2 rings (SSSR count). The van der Waals surface area contributed by atoms with Crippen molar-refractivity contribution >= 4 is 23.1 Å². The molecule has 4 heteroatoms. The maximum absolute atomic E-state index is 11.7. The van der Waals surface area contributed by atoms with Gasteiger partial charge in [-0.2, -0.15) is 0 Å². The third-order valence-corrected chi connectivity index (χ3v) is 2.68. The highest BCUT2D eigenvalue weighted by molar-refractivity contribution is 6.31. The van der Waals surface area contributed by atoms with E-state index in [1.807, 2.05) is 11.9 Å². The molecular weight excluding hydrogens is 200 g/mol. The molecule has 3 nitrogen and oxygen atoms in total. The van der Waals surface area contributed by atoms with Crippen LogP contribution < -0.4 is 10.6 Å². The number of nitrogens with two attached hydrogens (primary N) is 1. The molecule has 0 saturated carbocycles. The number of carbonyl (C=O) groups is 1. The van der Waals surface area contributed by atoms with Crippen molar-refractivity contribution in [2.75, 3.05) is 18.5 Å². The number of carbonyl (C=O) groups excluding carboxylic acids is 1. The van der Waals surface area contributed by atoms with Crippen LogP contribution in [-0.4, -0.2) is 25.4 Å². The highest BCUT2D eigenvalue weighted by Crippen LogP contribution is 2.28. The molecule has 2 N–H and O–H groups in total. The van der Waals surface area contributed by atoms with E-state index in [9.17, 15) is 4.79 Å². The lowest BCUT2D eigenvalue weighted by Crippen LogP contribution is -2.45. The number of hydrogen-bond acceptors (Lipinski definition) is 3. The van der Waals surface area contributed by atoms with Gasteiger partial charge in [-0.05, 0) is 18.2 Å². The summed E-state index contributed by atoms with van der Waals surface area (Å²) in [5.41, 5.74) is 7.23. The molecule has 14 heavy (non-hydrogen) atoms. The van der Waals surface area contributed by atoms with Crippen LogP contribution in [0.4, 0.5) is 5.69 Å². The molecular formula is C10H11ClN2O. The Morgan fingerprint density at radius 1 is 1.57 bits per heavy atom. The van der Waals surface area contributed by atoms with Crippen LogP contribution in [0.1, 0.15) is 10.4 Å². The zero-order chi connectivity index (χ0) is 10.3. The molecule has 74 valence electrons. The van der Waals surface area contributed by atoms with Gasteiger partial charge in [0.25, 0.3) is 0 Å². The zero-order valence-corrected chi connectivity index (χ0v) is 8.58. The molecule has 1 aliphatic heterocycles. The molecule has 1 aromatic rings. The van der Waals surface area contributed by atoms with Gasteiger partial charge in [0.05, 0.1) is 6.04 Å². The number of nitrogens with zero attached hydrogens (tertiary/aromatic N) is 1. The van der Waals surface area contributed by atoms with Gasteiger partial charge >= 0.3 is 0 Å². The van der Waals surface area contributed by atoms with Crippen molar-refractivity contribution in [2.45, 2.75) is 6.04 Å². The van der Waals surface area contributed by atoms with Crippen molar-refractivity contribution in [1.82, 2.24) is 0 Å². The molecule has 0 fully saturated rings.